The average molecular weight is 196 g/mol. The SMILES string of the molecule is CC1CCC(C)C2(C1)NC(=O)NC2=O. The van der Waals surface area contributed by atoms with Crippen LogP contribution in [0.1, 0.15) is 33.1 Å². The lowest BCUT2D eigenvalue weighted by Gasteiger charge is -2.39. The van der Waals surface area contributed by atoms with E-state index in [0.717, 1.165) is 19.3 Å². The first-order valence-corrected chi connectivity index (χ1v) is 5.18. The average Bonchev–Trinajstić information content (AvgIpc) is 2.36. The molecule has 78 valence electrons. The van der Waals surface area contributed by atoms with Crippen LogP contribution in [-0.4, -0.2) is 17.5 Å². The van der Waals surface area contributed by atoms with Crippen molar-refractivity contribution in [2.45, 2.75) is 38.6 Å². The molecule has 2 fully saturated rings. The molecular weight excluding hydrogens is 180 g/mol. The van der Waals surface area contributed by atoms with Gasteiger partial charge < -0.3 is 5.32 Å². The maximum absolute atomic E-state index is 11.7. The van der Waals surface area contributed by atoms with E-state index in [1.54, 1.807) is 0 Å². The summed E-state index contributed by atoms with van der Waals surface area (Å²) < 4.78 is 0. The molecule has 3 atom stereocenters. The van der Waals surface area contributed by atoms with E-state index in [4.69, 9.17) is 0 Å². The molecule has 1 spiro atoms. The number of nitrogens with one attached hydrogen (secondary N) is 2. The van der Waals surface area contributed by atoms with Gasteiger partial charge in [0.25, 0.3) is 5.91 Å². The van der Waals surface area contributed by atoms with Gasteiger partial charge in [-0.2, -0.15) is 0 Å². The van der Waals surface area contributed by atoms with Crippen LogP contribution in [0.25, 0.3) is 0 Å². The fourth-order valence-corrected chi connectivity index (χ4v) is 2.63. The Labute approximate surface area is 83.4 Å². The Balaban J connectivity index is 2.28. The predicted octanol–water partition coefficient (Wildman–Crippen LogP) is 1.02. The second kappa shape index (κ2) is 2.97. The fraction of sp³-hybridized carbons (Fsp3) is 0.800. The third-order valence-electron chi connectivity index (χ3n) is 3.57. The molecular formula is C10H16N2O2. The Bertz CT molecular complexity index is 290. The summed E-state index contributed by atoms with van der Waals surface area (Å²) in [5.74, 6) is 0.613. The number of carbonyl (C=O) groups excluding carboxylic acids is 2. The molecule has 4 nitrogen and oxygen atoms in total. The van der Waals surface area contributed by atoms with Gasteiger partial charge in [0.1, 0.15) is 5.54 Å². The number of rotatable bonds is 0. The molecule has 0 bridgehead atoms. The van der Waals surface area contributed by atoms with E-state index in [0.29, 0.717) is 5.92 Å². The lowest BCUT2D eigenvalue weighted by Crippen LogP contribution is -2.55. The van der Waals surface area contributed by atoms with Gasteiger partial charge in [0, 0.05) is 0 Å². The van der Waals surface area contributed by atoms with Crippen LogP contribution in [-0.2, 0) is 4.79 Å². The Hall–Kier alpha value is -1.06. The van der Waals surface area contributed by atoms with Crippen molar-refractivity contribution in [1.29, 1.82) is 0 Å². The van der Waals surface area contributed by atoms with Crippen molar-refractivity contribution in [3.8, 4) is 0 Å². The summed E-state index contributed by atoms with van der Waals surface area (Å²) in [6.07, 6.45) is 2.92. The van der Waals surface area contributed by atoms with Crippen LogP contribution in [0, 0.1) is 11.8 Å². The zero-order chi connectivity index (χ0) is 10.3. The van der Waals surface area contributed by atoms with Crippen LogP contribution in [0.3, 0.4) is 0 Å². The number of urea groups is 1. The summed E-state index contributed by atoms with van der Waals surface area (Å²) in [5, 5.41) is 5.14. The maximum Gasteiger partial charge on any atom is 0.322 e. The predicted molar refractivity (Wildman–Crippen MR) is 51.6 cm³/mol. The van der Waals surface area contributed by atoms with Gasteiger partial charge in [-0.3, -0.25) is 10.1 Å². The largest absolute Gasteiger partial charge is 0.323 e. The Morgan fingerprint density at radius 3 is 2.57 bits per heavy atom. The van der Waals surface area contributed by atoms with Crippen LogP contribution >= 0.6 is 0 Å². The highest BCUT2D eigenvalue weighted by molar-refractivity contribution is 6.07. The summed E-state index contributed by atoms with van der Waals surface area (Å²) >= 11 is 0. The summed E-state index contributed by atoms with van der Waals surface area (Å²) in [7, 11) is 0. The standard InChI is InChI=1S/C10H16N2O2/c1-6-3-4-7(2)10(5-6)8(13)11-9(14)12-10/h6-7H,3-5H2,1-2H3,(H2,11,12,13,14). The quantitative estimate of drug-likeness (QED) is 0.568. The van der Waals surface area contributed by atoms with E-state index < -0.39 is 5.54 Å². The van der Waals surface area contributed by atoms with Gasteiger partial charge in [0.2, 0.25) is 0 Å². The third-order valence-corrected chi connectivity index (χ3v) is 3.57. The van der Waals surface area contributed by atoms with Gasteiger partial charge >= 0.3 is 6.03 Å². The molecule has 0 radical (unpaired) electrons. The van der Waals surface area contributed by atoms with E-state index in [1.165, 1.54) is 0 Å². The van der Waals surface area contributed by atoms with Gasteiger partial charge in [-0.05, 0) is 24.7 Å². The Morgan fingerprint density at radius 2 is 2.00 bits per heavy atom. The summed E-state index contributed by atoms with van der Waals surface area (Å²) in [5.41, 5.74) is -0.616. The molecule has 2 rings (SSSR count). The van der Waals surface area contributed by atoms with Crippen LogP contribution in [0.2, 0.25) is 0 Å². The molecule has 3 amide bonds. The second-order valence-corrected chi connectivity index (χ2v) is 4.67. The second-order valence-electron chi connectivity index (χ2n) is 4.67. The van der Waals surface area contributed by atoms with Gasteiger partial charge in [0.05, 0.1) is 0 Å². The van der Waals surface area contributed by atoms with Crippen LogP contribution in [0.5, 0.6) is 0 Å². The zero-order valence-electron chi connectivity index (χ0n) is 8.59. The molecule has 2 N–H and O–H groups in total. The molecule has 1 aliphatic heterocycles. The van der Waals surface area contributed by atoms with Gasteiger partial charge in [0.15, 0.2) is 0 Å². The highest BCUT2D eigenvalue weighted by Crippen LogP contribution is 2.38. The fourth-order valence-electron chi connectivity index (χ4n) is 2.63. The van der Waals surface area contributed by atoms with Crippen LogP contribution < -0.4 is 10.6 Å². The summed E-state index contributed by atoms with van der Waals surface area (Å²) in [4.78, 5) is 22.9. The van der Waals surface area contributed by atoms with Gasteiger partial charge in [-0.1, -0.05) is 20.3 Å². The Kier molecular flexibility index (Phi) is 2.01. The van der Waals surface area contributed by atoms with Crippen LogP contribution in [0.15, 0.2) is 0 Å². The summed E-state index contributed by atoms with van der Waals surface area (Å²) in [6.45, 7) is 4.17. The topological polar surface area (TPSA) is 58.2 Å². The monoisotopic (exact) mass is 196 g/mol. The number of amides is 3. The molecule has 3 unspecified atom stereocenters. The van der Waals surface area contributed by atoms with Gasteiger partial charge in [-0.25, -0.2) is 4.79 Å². The molecule has 4 heteroatoms. The minimum absolute atomic E-state index is 0.137. The first-order valence-electron chi connectivity index (χ1n) is 5.18. The smallest absolute Gasteiger partial charge is 0.322 e. The van der Waals surface area contributed by atoms with Crippen molar-refractivity contribution < 1.29 is 9.59 Å². The number of hydrogen-bond acceptors (Lipinski definition) is 2. The number of imide groups is 1. The third kappa shape index (κ3) is 1.21. The van der Waals surface area contributed by atoms with Gasteiger partial charge in [-0.15, -0.1) is 0 Å². The lowest BCUT2D eigenvalue weighted by molar-refractivity contribution is -0.127. The van der Waals surface area contributed by atoms with Crippen molar-refractivity contribution >= 4 is 11.9 Å². The van der Waals surface area contributed by atoms with Crippen molar-refractivity contribution in [2.75, 3.05) is 0 Å². The number of hydrogen-bond donors (Lipinski definition) is 2. The van der Waals surface area contributed by atoms with E-state index >= 15 is 0 Å². The minimum atomic E-state index is -0.616. The van der Waals surface area contributed by atoms with E-state index in [9.17, 15) is 9.59 Å². The van der Waals surface area contributed by atoms with Crippen molar-refractivity contribution in [3.63, 3.8) is 0 Å². The Morgan fingerprint density at radius 1 is 1.29 bits per heavy atom. The van der Waals surface area contributed by atoms with E-state index in [1.807, 2.05) is 6.92 Å². The van der Waals surface area contributed by atoms with Crippen molar-refractivity contribution in [2.24, 2.45) is 11.8 Å². The van der Waals surface area contributed by atoms with Crippen molar-refractivity contribution in [3.05, 3.63) is 0 Å². The first kappa shape index (κ1) is 9.49. The van der Waals surface area contributed by atoms with E-state index in [2.05, 4.69) is 17.6 Å². The molecule has 2 aliphatic rings. The highest BCUT2D eigenvalue weighted by atomic mass is 16.2. The summed E-state index contributed by atoms with van der Waals surface area (Å²) in [6, 6.07) is -0.337. The molecule has 14 heavy (non-hydrogen) atoms. The maximum atomic E-state index is 11.7. The normalized spacial score (nSPS) is 42.4. The molecule has 0 aromatic rings. The molecule has 1 aliphatic carbocycles. The highest BCUT2D eigenvalue weighted by Gasteiger charge is 2.52. The number of carbonyl (C=O) groups is 2. The van der Waals surface area contributed by atoms with E-state index in [-0.39, 0.29) is 17.9 Å². The lowest BCUT2D eigenvalue weighted by atomic mass is 9.70. The molecule has 1 saturated carbocycles. The molecule has 0 aromatic carbocycles. The molecule has 0 aromatic heterocycles. The molecule has 1 saturated heterocycles. The van der Waals surface area contributed by atoms with Crippen molar-refractivity contribution in [1.82, 2.24) is 10.6 Å². The molecule has 1 heterocycles. The first-order chi connectivity index (χ1) is 6.54. The van der Waals surface area contributed by atoms with Crippen LogP contribution in [0.4, 0.5) is 4.79 Å². The minimum Gasteiger partial charge on any atom is -0.323 e. The zero-order valence-corrected chi connectivity index (χ0v) is 8.59.